The van der Waals surface area contributed by atoms with Crippen molar-refractivity contribution in [3.8, 4) is 11.5 Å². The number of ether oxygens (including phenoxy) is 2. The smallest absolute Gasteiger partial charge is 0.261 e. The van der Waals surface area contributed by atoms with Gasteiger partial charge in [0.25, 0.3) is 5.91 Å². The summed E-state index contributed by atoms with van der Waals surface area (Å²) in [7, 11) is 1.59. The van der Waals surface area contributed by atoms with Gasteiger partial charge in [-0.05, 0) is 55.2 Å². The van der Waals surface area contributed by atoms with Crippen molar-refractivity contribution in [2.75, 3.05) is 20.3 Å². The van der Waals surface area contributed by atoms with Gasteiger partial charge in [-0.3, -0.25) is 9.59 Å². The molecule has 6 heteroatoms. The minimum Gasteiger partial charge on any atom is -0.497 e. The SMILES string of the molecule is CCNC(=O)[C@H](C)N(Cc1cccc(OC)c1)C(=O)COc1ccc(C(C)C)cc1. The summed E-state index contributed by atoms with van der Waals surface area (Å²) in [6.07, 6.45) is 0. The molecule has 2 rings (SSSR count). The summed E-state index contributed by atoms with van der Waals surface area (Å²) >= 11 is 0. The molecule has 0 radical (unpaired) electrons. The van der Waals surface area contributed by atoms with Gasteiger partial charge in [0.1, 0.15) is 17.5 Å². The molecule has 0 unspecified atom stereocenters. The second kappa shape index (κ2) is 11.2. The molecule has 0 saturated heterocycles. The van der Waals surface area contributed by atoms with Crippen LogP contribution in [0.15, 0.2) is 48.5 Å². The molecule has 30 heavy (non-hydrogen) atoms. The first-order chi connectivity index (χ1) is 14.3. The summed E-state index contributed by atoms with van der Waals surface area (Å²) in [4.78, 5) is 26.9. The number of rotatable bonds is 10. The molecule has 0 aliphatic rings. The summed E-state index contributed by atoms with van der Waals surface area (Å²) in [5.41, 5.74) is 2.08. The van der Waals surface area contributed by atoms with E-state index in [1.807, 2.05) is 55.5 Å². The first kappa shape index (κ1) is 23.3. The number of methoxy groups -OCH3 is 1. The molecule has 0 bridgehead atoms. The van der Waals surface area contributed by atoms with Crippen LogP contribution in [0.25, 0.3) is 0 Å². The van der Waals surface area contributed by atoms with E-state index in [4.69, 9.17) is 9.47 Å². The first-order valence-electron chi connectivity index (χ1n) is 10.3. The van der Waals surface area contributed by atoms with Crippen molar-refractivity contribution in [1.82, 2.24) is 10.2 Å². The lowest BCUT2D eigenvalue weighted by Gasteiger charge is -2.28. The van der Waals surface area contributed by atoms with Crippen molar-refractivity contribution >= 4 is 11.8 Å². The monoisotopic (exact) mass is 412 g/mol. The maximum absolute atomic E-state index is 13.0. The predicted molar refractivity (Wildman–Crippen MR) is 118 cm³/mol. The molecular formula is C24H32N2O4. The molecule has 0 aliphatic carbocycles. The molecule has 2 aromatic carbocycles. The van der Waals surface area contributed by atoms with Crippen molar-refractivity contribution in [1.29, 1.82) is 0 Å². The number of nitrogens with zero attached hydrogens (tertiary/aromatic N) is 1. The molecule has 6 nitrogen and oxygen atoms in total. The topological polar surface area (TPSA) is 67.9 Å². The summed E-state index contributed by atoms with van der Waals surface area (Å²) in [5.74, 6) is 1.29. The molecule has 1 atom stereocenters. The molecule has 0 aliphatic heterocycles. The zero-order valence-electron chi connectivity index (χ0n) is 18.5. The van der Waals surface area contributed by atoms with Crippen molar-refractivity contribution in [3.05, 3.63) is 59.7 Å². The standard InChI is InChI=1S/C24H32N2O4/c1-6-25-24(28)18(4)26(15-19-8-7-9-22(14-19)29-5)23(27)16-30-21-12-10-20(11-13-21)17(2)3/h7-14,17-18H,6,15-16H2,1-5H3,(H,25,28)/t18-/m0/s1. The minimum absolute atomic E-state index is 0.144. The van der Waals surface area contributed by atoms with Crippen LogP contribution in [0.4, 0.5) is 0 Å². The van der Waals surface area contributed by atoms with E-state index in [1.165, 1.54) is 10.5 Å². The van der Waals surface area contributed by atoms with Gasteiger partial charge in [-0.25, -0.2) is 0 Å². The first-order valence-corrected chi connectivity index (χ1v) is 10.3. The van der Waals surface area contributed by atoms with E-state index in [1.54, 1.807) is 14.0 Å². The van der Waals surface area contributed by atoms with Gasteiger partial charge < -0.3 is 19.7 Å². The van der Waals surface area contributed by atoms with Gasteiger partial charge in [0.05, 0.1) is 7.11 Å². The minimum atomic E-state index is -0.629. The highest BCUT2D eigenvalue weighted by Gasteiger charge is 2.26. The van der Waals surface area contributed by atoms with E-state index in [0.29, 0.717) is 24.0 Å². The molecule has 0 saturated carbocycles. The third kappa shape index (κ3) is 6.51. The number of likely N-dealkylation sites (N-methyl/N-ethyl adjacent to an activating group) is 1. The van der Waals surface area contributed by atoms with Crippen LogP contribution in [-0.4, -0.2) is 43.0 Å². The van der Waals surface area contributed by atoms with Crippen LogP contribution in [-0.2, 0) is 16.1 Å². The van der Waals surface area contributed by atoms with Gasteiger partial charge in [0.2, 0.25) is 5.91 Å². The van der Waals surface area contributed by atoms with E-state index < -0.39 is 6.04 Å². The van der Waals surface area contributed by atoms with E-state index in [-0.39, 0.29) is 25.0 Å². The van der Waals surface area contributed by atoms with Crippen LogP contribution in [0.1, 0.15) is 44.7 Å². The zero-order chi connectivity index (χ0) is 22.1. The van der Waals surface area contributed by atoms with Crippen LogP contribution in [0.2, 0.25) is 0 Å². The third-order valence-corrected chi connectivity index (χ3v) is 4.91. The maximum atomic E-state index is 13.0. The number of hydrogen-bond acceptors (Lipinski definition) is 4. The Morgan fingerprint density at radius 1 is 1.03 bits per heavy atom. The zero-order valence-corrected chi connectivity index (χ0v) is 18.5. The second-order valence-electron chi connectivity index (χ2n) is 7.46. The van der Waals surface area contributed by atoms with E-state index in [2.05, 4.69) is 19.2 Å². The Labute approximate surface area is 179 Å². The molecule has 0 heterocycles. The van der Waals surface area contributed by atoms with Gasteiger partial charge in [0.15, 0.2) is 6.61 Å². The second-order valence-corrected chi connectivity index (χ2v) is 7.46. The Morgan fingerprint density at radius 3 is 2.33 bits per heavy atom. The van der Waals surface area contributed by atoms with Gasteiger partial charge in [-0.2, -0.15) is 0 Å². The predicted octanol–water partition coefficient (Wildman–Crippen LogP) is 3.75. The van der Waals surface area contributed by atoms with Gasteiger partial charge >= 0.3 is 0 Å². The van der Waals surface area contributed by atoms with E-state index >= 15 is 0 Å². The van der Waals surface area contributed by atoms with Gasteiger partial charge in [0, 0.05) is 13.1 Å². The lowest BCUT2D eigenvalue weighted by molar-refractivity contribution is -0.142. The fraction of sp³-hybridized carbons (Fsp3) is 0.417. The Morgan fingerprint density at radius 2 is 1.73 bits per heavy atom. The number of nitrogens with one attached hydrogen (secondary N) is 1. The normalized spacial score (nSPS) is 11.7. The van der Waals surface area contributed by atoms with E-state index in [9.17, 15) is 9.59 Å². The van der Waals surface area contributed by atoms with Crippen molar-refractivity contribution in [2.45, 2.75) is 46.2 Å². The van der Waals surface area contributed by atoms with Crippen LogP contribution >= 0.6 is 0 Å². The highest BCUT2D eigenvalue weighted by Crippen LogP contribution is 2.19. The molecule has 0 spiro atoms. The van der Waals surface area contributed by atoms with E-state index in [0.717, 1.165) is 5.56 Å². The average Bonchev–Trinajstić information content (AvgIpc) is 2.75. The maximum Gasteiger partial charge on any atom is 0.261 e. The summed E-state index contributed by atoms with van der Waals surface area (Å²) in [5, 5.41) is 2.78. The van der Waals surface area contributed by atoms with Crippen molar-refractivity contribution in [2.24, 2.45) is 0 Å². The van der Waals surface area contributed by atoms with Crippen molar-refractivity contribution < 1.29 is 19.1 Å². The Kier molecular flexibility index (Phi) is 8.71. The van der Waals surface area contributed by atoms with Crippen LogP contribution < -0.4 is 14.8 Å². The van der Waals surface area contributed by atoms with Crippen LogP contribution in [0.5, 0.6) is 11.5 Å². The summed E-state index contributed by atoms with van der Waals surface area (Å²) < 4.78 is 11.0. The Hall–Kier alpha value is -3.02. The number of carbonyl (C=O) groups excluding carboxylic acids is 2. The molecule has 2 amide bonds. The molecule has 2 aromatic rings. The lowest BCUT2D eigenvalue weighted by atomic mass is 10.0. The van der Waals surface area contributed by atoms with Crippen LogP contribution in [0.3, 0.4) is 0 Å². The lowest BCUT2D eigenvalue weighted by Crippen LogP contribution is -2.49. The average molecular weight is 413 g/mol. The molecule has 1 N–H and O–H groups in total. The Bertz CT molecular complexity index is 833. The number of hydrogen-bond donors (Lipinski definition) is 1. The highest BCUT2D eigenvalue weighted by atomic mass is 16.5. The summed E-state index contributed by atoms with van der Waals surface area (Å²) in [6.45, 7) is 8.46. The van der Waals surface area contributed by atoms with Gasteiger partial charge in [-0.15, -0.1) is 0 Å². The number of carbonyl (C=O) groups is 2. The number of benzene rings is 2. The number of amides is 2. The van der Waals surface area contributed by atoms with Crippen LogP contribution in [0, 0.1) is 0 Å². The highest BCUT2D eigenvalue weighted by molar-refractivity contribution is 5.87. The Balaban J connectivity index is 2.13. The molecular weight excluding hydrogens is 380 g/mol. The van der Waals surface area contributed by atoms with Gasteiger partial charge in [-0.1, -0.05) is 38.1 Å². The molecule has 162 valence electrons. The molecule has 0 aromatic heterocycles. The fourth-order valence-corrected chi connectivity index (χ4v) is 3.05. The quantitative estimate of drug-likeness (QED) is 0.645. The third-order valence-electron chi connectivity index (χ3n) is 4.91. The largest absolute Gasteiger partial charge is 0.497 e. The summed E-state index contributed by atoms with van der Waals surface area (Å²) in [6, 6.07) is 14.5. The fourth-order valence-electron chi connectivity index (χ4n) is 3.05. The molecule has 0 fully saturated rings. The van der Waals surface area contributed by atoms with Crippen molar-refractivity contribution in [3.63, 3.8) is 0 Å².